The van der Waals surface area contributed by atoms with Crippen molar-refractivity contribution >= 4 is 56.5 Å². The second-order valence-electron chi connectivity index (χ2n) is 7.42. The molecule has 2 heterocycles. The second kappa shape index (κ2) is 16.7. The van der Waals surface area contributed by atoms with Crippen LogP contribution in [0.4, 0.5) is 10.3 Å². The van der Waals surface area contributed by atoms with Crippen molar-refractivity contribution in [1.82, 2.24) is 20.4 Å². The first-order valence-electron chi connectivity index (χ1n) is 11.5. The van der Waals surface area contributed by atoms with Crippen LogP contribution in [-0.2, 0) is 22.4 Å². The van der Waals surface area contributed by atoms with E-state index in [1.54, 1.807) is 30.0 Å². The van der Waals surface area contributed by atoms with Crippen molar-refractivity contribution in [2.45, 2.75) is 46.0 Å². The fourth-order valence-corrected chi connectivity index (χ4v) is 5.45. The number of nitrogens with zero attached hydrogens (tertiary/aromatic N) is 4. The van der Waals surface area contributed by atoms with Gasteiger partial charge in [-0.2, -0.15) is 11.8 Å². The van der Waals surface area contributed by atoms with Gasteiger partial charge in [-0.1, -0.05) is 79.2 Å². The molecule has 0 aliphatic rings. The van der Waals surface area contributed by atoms with Crippen LogP contribution in [-0.4, -0.2) is 43.7 Å². The van der Waals surface area contributed by atoms with Gasteiger partial charge in [0.15, 0.2) is 0 Å². The molecule has 2 rings (SSSR count). The zero-order chi connectivity index (χ0) is 26.2. The standard InChI is InChI=1S/C25H32N6O2S3/c1-5-9-11-19(8-4)17-21(33)27-25-31-29-23(36-25)13-15-34-14-12-22-28-30-24(35-22)26-20(32)16-18(7-3)10-6-2/h6-11H,2-3,5,12-17H2,1,4H3,(H,26,30,32)(H,27,31,33)/b11-9-,18-10+,19-8+. The molecule has 2 N–H and O–H groups in total. The molecule has 0 saturated carbocycles. The Balaban J connectivity index is 1.67. The summed E-state index contributed by atoms with van der Waals surface area (Å²) in [4.78, 5) is 24.4. The molecule has 2 aromatic rings. The van der Waals surface area contributed by atoms with Crippen molar-refractivity contribution in [1.29, 1.82) is 0 Å². The van der Waals surface area contributed by atoms with E-state index in [1.165, 1.54) is 22.7 Å². The van der Waals surface area contributed by atoms with E-state index in [0.717, 1.165) is 51.9 Å². The molecule has 0 aromatic carbocycles. The first-order chi connectivity index (χ1) is 17.5. The van der Waals surface area contributed by atoms with Crippen LogP contribution < -0.4 is 10.6 Å². The van der Waals surface area contributed by atoms with Crippen LogP contribution in [0.15, 0.2) is 60.8 Å². The molecule has 192 valence electrons. The highest BCUT2D eigenvalue weighted by Crippen LogP contribution is 2.20. The minimum Gasteiger partial charge on any atom is -0.300 e. The number of carbonyl (C=O) groups excluding carboxylic acids is 2. The van der Waals surface area contributed by atoms with Crippen molar-refractivity contribution in [3.05, 3.63) is 70.8 Å². The van der Waals surface area contributed by atoms with E-state index in [4.69, 9.17) is 0 Å². The van der Waals surface area contributed by atoms with Gasteiger partial charge in [0.25, 0.3) is 0 Å². The van der Waals surface area contributed by atoms with Crippen LogP contribution in [0, 0.1) is 0 Å². The average molecular weight is 545 g/mol. The molecule has 0 unspecified atom stereocenters. The lowest BCUT2D eigenvalue weighted by Gasteiger charge is -2.02. The fraction of sp³-hybridized carbons (Fsp3) is 0.360. The van der Waals surface area contributed by atoms with Crippen LogP contribution >= 0.6 is 34.4 Å². The van der Waals surface area contributed by atoms with E-state index in [9.17, 15) is 9.59 Å². The van der Waals surface area contributed by atoms with E-state index in [2.05, 4.69) is 51.1 Å². The summed E-state index contributed by atoms with van der Waals surface area (Å²) < 4.78 is 0. The Labute approximate surface area is 224 Å². The van der Waals surface area contributed by atoms with E-state index in [1.807, 2.05) is 25.2 Å². The Kier molecular flexibility index (Phi) is 13.6. The van der Waals surface area contributed by atoms with Crippen LogP contribution in [0.25, 0.3) is 0 Å². The highest BCUT2D eigenvalue weighted by Gasteiger charge is 2.11. The first kappa shape index (κ1) is 29.3. The number of carbonyl (C=O) groups is 2. The summed E-state index contributed by atoms with van der Waals surface area (Å²) in [5, 5.41) is 24.9. The Bertz CT molecular complexity index is 1120. The summed E-state index contributed by atoms with van der Waals surface area (Å²) in [5.74, 6) is 1.51. The third kappa shape index (κ3) is 11.2. The SMILES string of the molecule is C=C/C=C(\C=C)CC(=O)Nc1nnc(CCSCCc2nnc(NC(=O)CC(/C=C\CC)=C/C)s2)s1. The van der Waals surface area contributed by atoms with Crippen LogP contribution in [0.3, 0.4) is 0 Å². The molecular weight excluding hydrogens is 513 g/mol. The molecule has 0 fully saturated rings. The highest BCUT2D eigenvalue weighted by atomic mass is 32.2. The van der Waals surface area contributed by atoms with E-state index in [0.29, 0.717) is 16.7 Å². The lowest BCUT2D eigenvalue weighted by atomic mass is 10.1. The van der Waals surface area contributed by atoms with Crippen molar-refractivity contribution in [2.75, 3.05) is 22.1 Å². The van der Waals surface area contributed by atoms with Crippen molar-refractivity contribution in [2.24, 2.45) is 0 Å². The maximum Gasteiger partial charge on any atom is 0.230 e. The van der Waals surface area contributed by atoms with Gasteiger partial charge in [-0.15, -0.1) is 20.4 Å². The van der Waals surface area contributed by atoms with Crippen LogP contribution in [0.2, 0.25) is 0 Å². The number of hydrogen-bond acceptors (Lipinski definition) is 9. The van der Waals surface area contributed by atoms with Crippen molar-refractivity contribution in [3.8, 4) is 0 Å². The van der Waals surface area contributed by atoms with Gasteiger partial charge in [0.05, 0.1) is 12.8 Å². The third-order valence-electron chi connectivity index (χ3n) is 4.61. The lowest BCUT2D eigenvalue weighted by molar-refractivity contribution is -0.116. The largest absolute Gasteiger partial charge is 0.300 e. The Hall–Kier alpha value is -2.89. The molecule has 0 aliphatic carbocycles. The molecule has 0 atom stereocenters. The van der Waals surface area contributed by atoms with Gasteiger partial charge >= 0.3 is 0 Å². The maximum atomic E-state index is 12.2. The fourth-order valence-electron chi connectivity index (χ4n) is 2.81. The highest BCUT2D eigenvalue weighted by molar-refractivity contribution is 7.99. The molecule has 11 heteroatoms. The molecule has 0 aliphatic heterocycles. The maximum absolute atomic E-state index is 12.2. The minimum absolute atomic E-state index is 0.0945. The summed E-state index contributed by atoms with van der Waals surface area (Å²) in [6.07, 6.45) is 14.0. The number of thioether (sulfide) groups is 1. The molecule has 0 bridgehead atoms. The number of aromatic nitrogens is 4. The number of rotatable bonds is 16. The Morgan fingerprint density at radius 2 is 1.47 bits per heavy atom. The lowest BCUT2D eigenvalue weighted by Crippen LogP contribution is -2.11. The summed E-state index contributed by atoms with van der Waals surface area (Å²) in [5.41, 5.74) is 1.76. The first-order valence-corrected chi connectivity index (χ1v) is 14.3. The molecule has 0 radical (unpaired) electrons. The number of anilines is 2. The molecule has 2 aromatic heterocycles. The molecule has 36 heavy (non-hydrogen) atoms. The number of hydrogen-bond donors (Lipinski definition) is 2. The van der Waals surface area contributed by atoms with E-state index >= 15 is 0 Å². The Morgan fingerprint density at radius 1 is 0.917 bits per heavy atom. The van der Waals surface area contributed by atoms with E-state index < -0.39 is 0 Å². The summed E-state index contributed by atoms with van der Waals surface area (Å²) in [6.45, 7) is 11.3. The van der Waals surface area contributed by atoms with Gasteiger partial charge in [-0.25, -0.2) is 0 Å². The van der Waals surface area contributed by atoms with Crippen LogP contribution in [0.1, 0.15) is 43.1 Å². The zero-order valence-electron chi connectivity index (χ0n) is 20.7. The zero-order valence-corrected chi connectivity index (χ0v) is 23.1. The smallest absolute Gasteiger partial charge is 0.230 e. The molecular formula is C25H32N6O2S3. The van der Waals surface area contributed by atoms with Gasteiger partial charge in [0.1, 0.15) is 10.0 Å². The molecule has 8 nitrogen and oxygen atoms in total. The third-order valence-corrected chi connectivity index (χ3v) is 7.39. The van der Waals surface area contributed by atoms with Gasteiger partial charge < -0.3 is 10.6 Å². The predicted molar refractivity (Wildman–Crippen MR) is 153 cm³/mol. The minimum atomic E-state index is -0.164. The summed E-state index contributed by atoms with van der Waals surface area (Å²) >= 11 is 4.57. The number of nitrogens with one attached hydrogen (secondary N) is 2. The van der Waals surface area contributed by atoms with E-state index in [-0.39, 0.29) is 18.2 Å². The van der Waals surface area contributed by atoms with Gasteiger partial charge in [-0.3, -0.25) is 9.59 Å². The monoisotopic (exact) mass is 544 g/mol. The Morgan fingerprint density at radius 3 is 1.94 bits per heavy atom. The van der Waals surface area contributed by atoms with Crippen molar-refractivity contribution < 1.29 is 9.59 Å². The second-order valence-corrected chi connectivity index (χ2v) is 10.8. The van der Waals surface area contributed by atoms with Gasteiger partial charge in [0, 0.05) is 12.8 Å². The average Bonchev–Trinajstić information content (AvgIpc) is 3.50. The summed E-state index contributed by atoms with van der Waals surface area (Å²) in [6, 6.07) is 0. The van der Waals surface area contributed by atoms with Gasteiger partial charge in [-0.05, 0) is 36.0 Å². The topological polar surface area (TPSA) is 110 Å². The van der Waals surface area contributed by atoms with Crippen LogP contribution in [0.5, 0.6) is 0 Å². The van der Waals surface area contributed by atoms with Gasteiger partial charge in [0.2, 0.25) is 22.1 Å². The number of allylic oxidation sites excluding steroid dienone is 6. The number of amides is 2. The molecule has 2 amide bonds. The predicted octanol–water partition coefficient (Wildman–Crippen LogP) is 5.78. The molecule has 0 saturated heterocycles. The molecule has 0 spiro atoms. The van der Waals surface area contributed by atoms with Crippen molar-refractivity contribution in [3.63, 3.8) is 0 Å². The quantitative estimate of drug-likeness (QED) is 0.204. The number of aryl methyl sites for hydroxylation is 2. The summed E-state index contributed by atoms with van der Waals surface area (Å²) in [7, 11) is 0. The normalized spacial score (nSPS) is 12.1.